The van der Waals surface area contributed by atoms with Crippen LogP contribution in [0.4, 0.5) is 10.1 Å². The zero-order valence-electron chi connectivity index (χ0n) is 11.7. The maximum Gasteiger partial charge on any atom is 0.225 e. The van der Waals surface area contributed by atoms with Gasteiger partial charge in [0.1, 0.15) is 5.82 Å². The van der Waals surface area contributed by atoms with Crippen LogP contribution in [0.25, 0.3) is 0 Å². The zero-order valence-corrected chi connectivity index (χ0v) is 11.7. The topological polar surface area (TPSA) is 52.6 Å². The Labute approximate surface area is 118 Å². The van der Waals surface area contributed by atoms with Gasteiger partial charge in [-0.15, -0.1) is 0 Å². The zero-order chi connectivity index (χ0) is 14.6. The number of piperidine rings is 1. The predicted molar refractivity (Wildman–Crippen MR) is 75.9 cm³/mol. The van der Waals surface area contributed by atoms with Crippen molar-refractivity contribution in [2.75, 3.05) is 25.0 Å². The molecule has 1 saturated heterocycles. The minimum absolute atomic E-state index is 0.208. The third-order valence-electron chi connectivity index (χ3n) is 3.56. The number of β-amino-alcohol motifs (C(OH)–C–C–N with tert-alkyl or cyclic N) is 1. The van der Waals surface area contributed by atoms with E-state index in [4.69, 9.17) is 0 Å². The molecular formula is C15H21FN2O2. The van der Waals surface area contributed by atoms with Gasteiger partial charge in [0.05, 0.1) is 11.3 Å². The van der Waals surface area contributed by atoms with Crippen LogP contribution in [0.15, 0.2) is 24.3 Å². The lowest BCUT2D eigenvalue weighted by atomic mass is 9.95. The molecule has 20 heavy (non-hydrogen) atoms. The lowest BCUT2D eigenvalue weighted by molar-refractivity contribution is -0.117. The van der Waals surface area contributed by atoms with Crippen LogP contribution in [0, 0.1) is 5.82 Å². The molecule has 1 fully saturated rings. The monoisotopic (exact) mass is 280 g/mol. The highest BCUT2D eigenvalue weighted by molar-refractivity contribution is 5.90. The van der Waals surface area contributed by atoms with E-state index in [0.717, 1.165) is 19.4 Å². The molecule has 1 amide bonds. The second kappa shape index (κ2) is 6.33. The molecule has 1 aromatic carbocycles. The molecule has 4 nitrogen and oxygen atoms in total. The number of amides is 1. The number of halogens is 1. The van der Waals surface area contributed by atoms with E-state index in [9.17, 15) is 14.3 Å². The maximum atomic E-state index is 13.4. The first-order valence-electron chi connectivity index (χ1n) is 6.95. The number of nitrogens with one attached hydrogen (secondary N) is 1. The van der Waals surface area contributed by atoms with E-state index < -0.39 is 11.4 Å². The summed E-state index contributed by atoms with van der Waals surface area (Å²) in [7, 11) is 0. The van der Waals surface area contributed by atoms with Crippen LogP contribution in [-0.4, -0.2) is 41.1 Å². The molecule has 0 spiro atoms. The molecule has 1 aliphatic rings. The largest absolute Gasteiger partial charge is 0.389 e. The first-order valence-corrected chi connectivity index (χ1v) is 6.95. The van der Waals surface area contributed by atoms with E-state index in [0.29, 0.717) is 19.5 Å². The number of likely N-dealkylation sites (tertiary alicyclic amines) is 1. The molecule has 1 aliphatic heterocycles. The van der Waals surface area contributed by atoms with Crippen LogP contribution in [-0.2, 0) is 4.79 Å². The highest BCUT2D eigenvalue weighted by Crippen LogP contribution is 2.20. The summed E-state index contributed by atoms with van der Waals surface area (Å²) < 4.78 is 13.4. The highest BCUT2D eigenvalue weighted by Gasteiger charge is 2.28. The van der Waals surface area contributed by atoms with Gasteiger partial charge in [-0.1, -0.05) is 12.1 Å². The molecule has 1 heterocycles. The smallest absolute Gasteiger partial charge is 0.225 e. The molecule has 5 heteroatoms. The maximum absolute atomic E-state index is 13.4. The van der Waals surface area contributed by atoms with Crippen molar-refractivity contribution < 1.29 is 14.3 Å². The Kier molecular flexibility index (Phi) is 4.73. The molecule has 1 aromatic rings. The number of benzene rings is 1. The molecular weight excluding hydrogens is 259 g/mol. The van der Waals surface area contributed by atoms with Crippen molar-refractivity contribution in [2.24, 2.45) is 0 Å². The normalized spacial score (nSPS) is 23.6. The first-order chi connectivity index (χ1) is 9.46. The molecule has 1 unspecified atom stereocenters. The highest BCUT2D eigenvalue weighted by atomic mass is 19.1. The summed E-state index contributed by atoms with van der Waals surface area (Å²) >= 11 is 0. The van der Waals surface area contributed by atoms with Gasteiger partial charge in [-0.25, -0.2) is 4.39 Å². The summed E-state index contributed by atoms with van der Waals surface area (Å²) in [6, 6.07) is 6.12. The number of aliphatic hydroxyl groups is 1. The van der Waals surface area contributed by atoms with Crippen molar-refractivity contribution in [3.8, 4) is 0 Å². The van der Waals surface area contributed by atoms with Gasteiger partial charge in [-0.2, -0.15) is 0 Å². The third kappa shape index (κ3) is 4.28. The standard InChI is InChI=1S/C15H21FN2O2/c1-15(20)8-4-9-18(11-15)10-7-14(19)17-13-6-3-2-5-12(13)16/h2-3,5-6,20H,4,7-11H2,1H3,(H,17,19). The molecule has 2 rings (SSSR count). The molecule has 2 N–H and O–H groups in total. The summed E-state index contributed by atoms with van der Waals surface area (Å²) in [6.45, 7) is 3.87. The van der Waals surface area contributed by atoms with Crippen LogP contribution in [0.3, 0.4) is 0 Å². The van der Waals surface area contributed by atoms with Crippen LogP contribution >= 0.6 is 0 Å². The van der Waals surface area contributed by atoms with Crippen molar-refractivity contribution >= 4 is 11.6 Å². The minimum Gasteiger partial charge on any atom is -0.389 e. The number of anilines is 1. The van der Waals surface area contributed by atoms with Crippen molar-refractivity contribution in [1.82, 2.24) is 4.90 Å². The second-order valence-corrected chi connectivity index (χ2v) is 5.65. The quantitative estimate of drug-likeness (QED) is 0.887. The Morgan fingerprint density at radius 3 is 2.95 bits per heavy atom. The number of hydrogen-bond donors (Lipinski definition) is 2. The number of carbonyl (C=O) groups excluding carboxylic acids is 1. The fourth-order valence-electron chi connectivity index (χ4n) is 2.55. The third-order valence-corrected chi connectivity index (χ3v) is 3.56. The SMILES string of the molecule is CC1(O)CCCN(CCC(=O)Nc2ccccc2F)C1. The van der Waals surface area contributed by atoms with Crippen molar-refractivity contribution in [3.63, 3.8) is 0 Å². The number of nitrogens with zero attached hydrogens (tertiary/aromatic N) is 1. The fourth-order valence-corrected chi connectivity index (χ4v) is 2.55. The van der Waals surface area contributed by atoms with Crippen LogP contribution in [0.1, 0.15) is 26.2 Å². The Morgan fingerprint density at radius 1 is 1.50 bits per heavy atom. The van der Waals surface area contributed by atoms with Crippen LogP contribution in [0.2, 0.25) is 0 Å². The van der Waals surface area contributed by atoms with Crippen molar-refractivity contribution in [2.45, 2.75) is 31.8 Å². The Hall–Kier alpha value is -1.46. The lowest BCUT2D eigenvalue weighted by Gasteiger charge is -2.36. The molecule has 110 valence electrons. The van der Waals surface area contributed by atoms with E-state index >= 15 is 0 Å². The average Bonchev–Trinajstić information content (AvgIpc) is 2.38. The first kappa shape index (κ1) is 14.9. The molecule has 0 aromatic heterocycles. The summed E-state index contributed by atoms with van der Waals surface area (Å²) in [5.74, 6) is -0.637. The molecule has 1 atom stereocenters. The number of hydrogen-bond acceptors (Lipinski definition) is 3. The van der Waals surface area contributed by atoms with Gasteiger partial charge in [0.2, 0.25) is 5.91 Å². The van der Waals surface area contributed by atoms with Crippen LogP contribution in [0.5, 0.6) is 0 Å². The van der Waals surface area contributed by atoms with Gasteiger partial charge in [0, 0.05) is 19.5 Å². The van der Waals surface area contributed by atoms with Gasteiger partial charge in [0.15, 0.2) is 0 Å². The van der Waals surface area contributed by atoms with Crippen LogP contribution < -0.4 is 5.32 Å². The van der Waals surface area contributed by atoms with Gasteiger partial charge in [-0.3, -0.25) is 9.69 Å². The van der Waals surface area contributed by atoms with E-state index in [2.05, 4.69) is 10.2 Å². The molecule has 0 aliphatic carbocycles. The Balaban J connectivity index is 1.79. The Morgan fingerprint density at radius 2 is 2.25 bits per heavy atom. The molecule has 0 bridgehead atoms. The van der Waals surface area contributed by atoms with E-state index in [-0.39, 0.29) is 11.6 Å². The van der Waals surface area contributed by atoms with Crippen molar-refractivity contribution in [3.05, 3.63) is 30.1 Å². The second-order valence-electron chi connectivity index (χ2n) is 5.65. The lowest BCUT2D eigenvalue weighted by Crippen LogP contribution is -2.46. The van der Waals surface area contributed by atoms with E-state index in [1.807, 2.05) is 6.92 Å². The van der Waals surface area contributed by atoms with E-state index in [1.165, 1.54) is 6.07 Å². The van der Waals surface area contributed by atoms with Crippen molar-refractivity contribution in [1.29, 1.82) is 0 Å². The summed E-state index contributed by atoms with van der Waals surface area (Å²) in [5.41, 5.74) is -0.455. The predicted octanol–water partition coefficient (Wildman–Crippen LogP) is 2.00. The molecule has 0 radical (unpaired) electrons. The number of para-hydroxylation sites is 1. The molecule has 0 saturated carbocycles. The average molecular weight is 280 g/mol. The minimum atomic E-state index is -0.666. The van der Waals surface area contributed by atoms with Gasteiger partial charge >= 0.3 is 0 Å². The van der Waals surface area contributed by atoms with E-state index in [1.54, 1.807) is 18.2 Å². The number of carbonyl (C=O) groups is 1. The fraction of sp³-hybridized carbons (Fsp3) is 0.533. The summed E-state index contributed by atoms with van der Waals surface area (Å²) in [4.78, 5) is 13.9. The number of rotatable bonds is 4. The van der Waals surface area contributed by atoms with Gasteiger partial charge < -0.3 is 10.4 Å². The summed E-state index contributed by atoms with van der Waals surface area (Å²) in [6.07, 6.45) is 2.03. The summed E-state index contributed by atoms with van der Waals surface area (Å²) in [5, 5.41) is 12.6. The van der Waals surface area contributed by atoms with Gasteiger partial charge in [-0.05, 0) is 38.4 Å². The Bertz CT molecular complexity index is 477. The van der Waals surface area contributed by atoms with Gasteiger partial charge in [0.25, 0.3) is 0 Å².